The number of unbranched alkanes of at least 4 members (excludes halogenated alkanes) is 18. The van der Waals surface area contributed by atoms with E-state index in [1.807, 2.05) is 6.92 Å². The van der Waals surface area contributed by atoms with Gasteiger partial charge < -0.3 is 5.11 Å². The molecule has 0 spiro atoms. The smallest absolute Gasteiger partial charge is 0.306 e. The molecule has 0 saturated carbocycles. The van der Waals surface area contributed by atoms with Crippen LogP contribution in [0, 0.1) is 11.8 Å². The molecule has 2 heteroatoms. The largest absolute Gasteiger partial charge is 0.481 e. The summed E-state index contributed by atoms with van der Waals surface area (Å²) < 4.78 is 0. The Morgan fingerprint density at radius 3 is 1.13 bits per heavy atom. The Labute approximate surface area is 196 Å². The first-order chi connectivity index (χ1) is 15.1. The van der Waals surface area contributed by atoms with Crippen LogP contribution < -0.4 is 0 Å². The Bertz CT molecular complexity index is 366. The average molecular weight is 439 g/mol. The van der Waals surface area contributed by atoms with Crippen LogP contribution in [0.3, 0.4) is 0 Å². The van der Waals surface area contributed by atoms with E-state index in [-0.39, 0.29) is 5.92 Å². The first-order valence-corrected chi connectivity index (χ1v) is 14.3. The highest BCUT2D eigenvalue weighted by molar-refractivity contribution is 5.69. The molecule has 0 rings (SSSR count). The highest BCUT2D eigenvalue weighted by Crippen LogP contribution is 2.25. The summed E-state index contributed by atoms with van der Waals surface area (Å²) in [5, 5.41) is 9.32. The summed E-state index contributed by atoms with van der Waals surface area (Å²) in [6.07, 6.45) is 30.9. The van der Waals surface area contributed by atoms with E-state index in [1.165, 1.54) is 141 Å². The topological polar surface area (TPSA) is 37.3 Å². The third kappa shape index (κ3) is 22.5. The quantitative estimate of drug-likeness (QED) is 0.144. The van der Waals surface area contributed by atoms with Crippen LogP contribution in [0.2, 0.25) is 0 Å². The summed E-state index contributed by atoms with van der Waals surface area (Å²) in [5.74, 6) is -0.179. The second-order valence-electron chi connectivity index (χ2n) is 10.3. The van der Waals surface area contributed by atoms with Gasteiger partial charge in [0.25, 0.3) is 0 Å². The Morgan fingerprint density at radius 2 is 0.839 bits per heavy atom. The van der Waals surface area contributed by atoms with Crippen molar-refractivity contribution in [3.63, 3.8) is 0 Å². The van der Waals surface area contributed by atoms with Gasteiger partial charge in [0, 0.05) is 0 Å². The fourth-order valence-electron chi connectivity index (χ4n) is 4.82. The van der Waals surface area contributed by atoms with Gasteiger partial charge in [0.2, 0.25) is 0 Å². The van der Waals surface area contributed by atoms with Crippen molar-refractivity contribution in [2.24, 2.45) is 11.8 Å². The molecule has 0 unspecified atom stereocenters. The fraction of sp³-hybridized carbons (Fsp3) is 0.966. The summed E-state index contributed by atoms with van der Waals surface area (Å²) in [4.78, 5) is 11.3. The number of hydrogen-bond acceptors (Lipinski definition) is 1. The number of rotatable bonds is 25. The fourth-order valence-corrected chi connectivity index (χ4v) is 4.82. The van der Waals surface area contributed by atoms with Gasteiger partial charge in [-0.3, -0.25) is 4.79 Å². The molecule has 2 nitrogen and oxygen atoms in total. The lowest BCUT2D eigenvalue weighted by Gasteiger charge is -2.19. The predicted octanol–water partition coefficient (Wildman–Crippen LogP) is 10.3. The van der Waals surface area contributed by atoms with Crippen LogP contribution >= 0.6 is 0 Å². The molecule has 0 aliphatic carbocycles. The molecule has 0 amide bonds. The molecule has 0 saturated heterocycles. The maximum absolute atomic E-state index is 11.3. The minimum atomic E-state index is -0.615. The van der Waals surface area contributed by atoms with Crippen LogP contribution in [0.25, 0.3) is 0 Å². The van der Waals surface area contributed by atoms with Crippen LogP contribution in [-0.4, -0.2) is 11.1 Å². The Morgan fingerprint density at radius 1 is 0.548 bits per heavy atom. The molecule has 0 aromatic rings. The van der Waals surface area contributed by atoms with Crippen LogP contribution in [0.15, 0.2) is 0 Å². The van der Waals surface area contributed by atoms with Gasteiger partial charge in [0.1, 0.15) is 0 Å². The molecule has 0 aliphatic heterocycles. The van der Waals surface area contributed by atoms with Gasteiger partial charge in [0.05, 0.1) is 5.92 Å². The SMILES string of the molecule is CCCCCCCCCCCCC[C@H](CCCCCCCCCCC)C[C@H](C)C(=O)O. The maximum atomic E-state index is 11.3. The lowest BCUT2D eigenvalue weighted by atomic mass is 9.87. The molecule has 0 radical (unpaired) electrons. The molecule has 186 valence electrons. The number of carboxylic acid groups (broad SMARTS) is 1. The number of carboxylic acids is 1. The second kappa shape index (κ2) is 24.1. The summed E-state index contributed by atoms with van der Waals surface area (Å²) >= 11 is 0. The molecule has 0 aromatic carbocycles. The van der Waals surface area contributed by atoms with Gasteiger partial charge in [-0.05, 0) is 12.3 Å². The molecule has 31 heavy (non-hydrogen) atoms. The van der Waals surface area contributed by atoms with Crippen molar-refractivity contribution in [1.29, 1.82) is 0 Å². The van der Waals surface area contributed by atoms with Crippen molar-refractivity contribution in [1.82, 2.24) is 0 Å². The van der Waals surface area contributed by atoms with E-state index in [4.69, 9.17) is 0 Å². The highest BCUT2D eigenvalue weighted by Gasteiger charge is 2.17. The first-order valence-electron chi connectivity index (χ1n) is 14.3. The Balaban J connectivity index is 3.79. The molecule has 1 N–H and O–H groups in total. The molecule has 0 bridgehead atoms. The van der Waals surface area contributed by atoms with Gasteiger partial charge in [-0.15, -0.1) is 0 Å². The minimum Gasteiger partial charge on any atom is -0.481 e. The van der Waals surface area contributed by atoms with E-state index in [2.05, 4.69) is 13.8 Å². The van der Waals surface area contributed by atoms with Gasteiger partial charge in [-0.1, -0.05) is 162 Å². The van der Waals surface area contributed by atoms with Crippen LogP contribution in [0.5, 0.6) is 0 Å². The number of carbonyl (C=O) groups is 1. The van der Waals surface area contributed by atoms with Crippen molar-refractivity contribution in [2.45, 2.75) is 168 Å². The van der Waals surface area contributed by atoms with Crippen LogP contribution in [-0.2, 0) is 4.79 Å². The zero-order valence-corrected chi connectivity index (χ0v) is 21.8. The standard InChI is InChI=1S/C29H58O2/c1-4-6-8-10-12-14-15-17-19-21-23-25-28(26-27(3)29(30)31)24-22-20-18-16-13-11-9-7-5-2/h27-28H,4-26H2,1-3H3,(H,30,31)/t27-,28-/m0/s1. The monoisotopic (exact) mass is 438 g/mol. The molecule has 0 aromatic heterocycles. The molecule has 2 atom stereocenters. The highest BCUT2D eigenvalue weighted by atomic mass is 16.4. The van der Waals surface area contributed by atoms with Crippen LogP contribution in [0.1, 0.15) is 168 Å². The van der Waals surface area contributed by atoms with Crippen molar-refractivity contribution in [3.8, 4) is 0 Å². The summed E-state index contributed by atoms with van der Waals surface area (Å²) in [6, 6.07) is 0. The lowest BCUT2D eigenvalue weighted by Crippen LogP contribution is -2.15. The van der Waals surface area contributed by atoms with Crippen LogP contribution in [0.4, 0.5) is 0 Å². The van der Waals surface area contributed by atoms with E-state index >= 15 is 0 Å². The van der Waals surface area contributed by atoms with Crippen molar-refractivity contribution in [2.75, 3.05) is 0 Å². The Hall–Kier alpha value is -0.530. The van der Waals surface area contributed by atoms with Gasteiger partial charge >= 0.3 is 5.97 Å². The molecular weight excluding hydrogens is 380 g/mol. The molecule has 0 fully saturated rings. The van der Waals surface area contributed by atoms with Gasteiger partial charge in [0.15, 0.2) is 0 Å². The lowest BCUT2D eigenvalue weighted by molar-refractivity contribution is -0.141. The third-order valence-electron chi connectivity index (χ3n) is 7.04. The summed E-state index contributed by atoms with van der Waals surface area (Å²) in [7, 11) is 0. The minimum absolute atomic E-state index is 0.184. The van der Waals surface area contributed by atoms with Gasteiger partial charge in [-0.2, -0.15) is 0 Å². The summed E-state index contributed by atoms with van der Waals surface area (Å²) in [6.45, 7) is 6.45. The molecule has 0 heterocycles. The predicted molar refractivity (Wildman–Crippen MR) is 138 cm³/mol. The molecular formula is C29H58O2. The zero-order valence-electron chi connectivity index (χ0n) is 21.8. The van der Waals surface area contributed by atoms with Crippen molar-refractivity contribution >= 4 is 5.97 Å². The number of aliphatic carboxylic acids is 1. The maximum Gasteiger partial charge on any atom is 0.306 e. The molecule has 0 aliphatic rings. The van der Waals surface area contributed by atoms with E-state index < -0.39 is 5.97 Å². The van der Waals surface area contributed by atoms with E-state index in [0.29, 0.717) is 5.92 Å². The normalized spacial score (nSPS) is 13.4. The first kappa shape index (κ1) is 30.5. The second-order valence-corrected chi connectivity index (χ2v) is 10.3. The van der Waals surface area contributed by atoms with E-state index in [1.54, 1.807) is 0 Å². The average Bonchev–Trinajstić information content (AvgIpc) is 2.75. The van der Waals surface area contributed by atoms with Crippen molar-refractivity contribution in [3.05, 3.63) is 0 Å². The summed E-state index contributed by atoms with van der Waals surface area (Å²) in [5.41, 5.74) is 0. The number of hydrogen-bond donors (Lipinski definition) is 1. The van der Waals surface area contributed by atoms with Crippen molar-refractivity contribution < 1.29 is 9.90 Å². The van der Waals surface area contributed by atoms with E-state index in [0.717, 1.165) is 6.42 Å². The van der Waals surface area contributed by atoms with E-state index in [9.17, 15) is 9.90 Å². The zero-order chi connectivity index (χ0) is 23.0. The Kier molecular flexibility index (Phi) is 23.7. The van der Waals surface area contributed by atoms with Gasteiger partial charge in [-0.25, -0.2) is 0 Å². The third-order valence-corrected chi connectivity index (χ3v) is 7.04.